The van der Waals surface area contributed by atoms with Gasteiger partial charge in [-0.2, -0.15) is 0 Å². The van der Waals surface area contributed by atoms with Crippen LogP contribution in [0.1, 0.15) is 67.4 Å². The van der Waals surface area contributed by atoms with Crippen LogP contribution >= 0.6 is 0 Å². The van der Waals surface area contributed by atoms with Gasteiger partial charge in [0.05, 0.1) is 5.52 Å². The molecule has 30 heavy (non-hydrogen) atoms. The Morgan fingerprint density at radius 3 is 2.20 bits per heavy atom. The van der Waals surface area contributed by atoms with Gasteiger partial charge in [-0.1, -0.05) is 34.6 Å². The first-order valence-electron chi connectivity index (χ1n) is 11.2. The van der Waals surface area contributed by atoms with Gasteiger partial charge in [-0.25, -0.2) is 4.39 Å². The first-order valence-corrected chi connectivity index (χ1v) is 11.2. The van der Waals surface area contributed by atoms with Crippen LogP contribution in [0.2, 0.25) is 0 Å². The average molecular weight is 423 g/mol. The van der Waals surface area contributed by atoms with E-state index in [1.54, 1.807) is 12.1 Å². The van der Waals surface area contributed by atoms with E-state index >= 15 is 0 Å². The van der Waals surface area contributed by atoms with Crippen LogP contribution in [-0.4, -0.2) is 41.2 Å². The molecule has 1 aromatic carbocycles. The maximum atomic E-state index is 13.3. The van der Waals surface area contributed by atoms with Crippen LogP contribution in [0.3, 0.4) is 0 Å². The van der Waals surface area contributed by atoms with Crippen molar-refractivity contribution in [3.05, 3.63) is 35.8 Å². The minimum Gasteiger partial charge on any atom is -0.462 e. The second kappa shape index (κ2) is 13.4. The van der Waals surface area contributed by atoms with Crippen molar-refractivity contribution >= 4 is 17.4 Å². The Morgan fingerprint density at radius 1 is 1.17 bits per heavy atom. The number of halogens is 1. The molecule has 0 aliphatic carbocycles. The van der Waals surface area contributed by atoms with Gasteiger partial charge < -0.3 is 14.2 Å². The highest BCUT2D eigenvalue weighted by Crippen LogP contribution is 2.29. The zero-order chi connectivity index (χ0) is 23.5. The lowest BCUT2D eigenvalue weighted by atomic mass is 9.96. The molecule has 5 heteroatoms. The summed E-state index contributed by atoms with van der Waals surface area (Å²) in [6.07, 6.45) is 4.49. The first-order chi connectivity index (χ1) is 14.1. The third-order valence-corrected chi connectivity index (χ3v) is 5.03. The van der Waals surface area contributed by atoms with Crippen molar-refractivity contribution in [3.8, 4) is 0 Å². The molecule has 1 aliphatic rings. The molecule has 1 unspecified atom stereocenters. The summed E-state index contributed by atoms with van der Waals surface area (Å²) in [5.74, 6) is 0.576. The number of aromatic nitrogens is 1. The third kappa shape index (κ3) is 8.47. The molecule has 2 atom stereocenters. The molecule has 172 valence electrons. The van der Waals surface area contributed by atoms with Crippen LogP contribution in [0.5, 0.6) is 0 Å². The smallest absolute Gasteiger partial charge is 0.293 e. The van der Waals surface area contributed by atoms with Crippen molar-refractivity contribution < 1.29 is 13.9 Å². The summed E-state index contributed by atoms with van der Waals surface area (Å²) in [6, 6.07) is 5.71. The Bertz CT molecular complexity index is 739. The van der Waals surface area contributed by atoms with Crippen molar-refractivity contribution in [3.63, 3.8) is 0 Å². The summed E-state index contributed by atoms with van der Waals surface area (Å²) in [4.78, 5) is 12.0. The van der Waals surface area contributed by atoms with Crippen LogP contribution in [0.4, 0.5) is 4.39 Å². The van der Waals surface area contributed by atoms with Crippen molar-refractivity contribution in [2.45, 2.75) is 79.9 Å². The molecule has 0 bridgehead atoms. The minimum absolute atomic E-state index is 0.161. The monoisotopic (exact) mass is 422 g/mol. The summed E-state index contributed by atoms with van der Waals surface area (Å²) < 4.78 is 19.9. The Labute approximate surface area is 183 Å². The molecule has 0 spiro atoms. The van der Waals surface area contributed by atoms with Gasteiger partial charge in [0.25, 0.3) is 6.47 Å². The normalized spacial score (nSPS) is 18.4. The van der Waals surface area contributed by atoms with Gasteiger partial charge in [-0.15, -0.1) is 0 Å². The second-order valence-corrected chi connectivity index (χ2v) is 8.27. The first kappa shape index (κ1) is 28.1. The number of rotatable bonds is 3. The molecular formula is C25H43FN2O2. The fraction of sp³-hybridized carbons (Fsp3) is 0.640. The fourth-order valence-electron chi connectivity index (χ4n) is 3.53. The number of hydrogen-bond acceptors (Lipinski definition) is 3. The maximum Gasteiger partial charge on any atom is 0.293 e. The molecule has 1 saturated heterocycles. The summed E-state index contributed by atoms with van der Waals surface area (Å²) in [5.41, 5.74) is 2.01. The van der Waals surface area contributed by atoms with Crippen molar-refractivity contribution in [1.29, 1.82) is 0 Å². The van der Waals surface area contributed by atoms with Crippen molar-refractivity contribution in [1.82, 2.24) is 9.47 Å². The molecule has 2 aromatic rings. The van der Waals surface area contributed by atoms with Gasteiger partial charge in [0, 0.05) is 24.7 Å². The molecule has 1 aliphatic heterocycles. The molecule has 0 radical (unpaired) electrons. The minimum atomic E-state index is -0.318. The van der Waals surface area contributed by atoms with E-state index in [1.165, 1.54) is 23.9 Å². The Kier molecular flexibility index (Phi) is 12.6. The molecule has 3 rings (SSSR count). The van der Waals surface area contributed by atoms with E-state index in [0.717, 1.165) is 17.9 Å². The summed E-state index contributed by atoms with van der Waals surface area (Å²) in [5, 5.41) is 1.19. The van der Waals surface area contributed by atoms with E-state index in [9.17, 15) is 9.18 Å². The predicted molar refractivity (Wildman–Crippen MR) is 126 cm³/mol. The highest BCUT2D eigenvalue weighted by atomic mass is 19.1. The van der Waals surface area contributed by atoms with Crippen LogP contribution in [0, 0.1) is 11.7 Å². The van der Waals surface area contributed by atoms with Crippen LogP contribution < -0.4 is 0 Å². The number of likely N-dealkylation sites (N-methyl/N-ethyl adjacent to an activating group) is 1. The number of carbonyl (C=O) groups excluding carboxylic acids is 1. The van der Waals surface area contributed by atoms with Gasteiger partial charge in [0.15, 0.2) is 0 Å². The van der Waals surface area contributed by atoms with Crippen LogP contribution in [0.25, 0.3) is 10.9 Å². The van der Waals surface area contributed by atoms with Crippen LogP contribution in [0.15, 0.2) is 24.4 Å². The van der Waals surface area contributed by atoms with E-state index in [0.29, 0.717) is 12.5 Å². The lowest BCUT2D eigenvalue weighted by molar-refractivity contribution is -0.138. The molecule has 2 heterocycles. The number of ether oxygens (including phenoxy) is 1. The summed E-state index contributed by atoms with van der Waals surface area (Å²) >= 11 is 0. The molecule has 4 nitrogen and oxygen atoms in total. The molecule has 0 N–H and O–H groups in total. The largest absolute Gasteiger partial charge is 0.462 e. The van der Waals surface area contributed by atoms with Crippen molar-refractivity contribution in [2.24, 2.45) is 13.0 Å². The molecular weight excluding hydrogens is 379 g/mol. The van der Waals surface area contributed by atoms with Gasteiger partial charge in [-0.3, -0.25) is 4.79 Å². The number of nitrogens with zero attached hydrogens (tertiary/aromatic N) is 2. The average Bonchev–Trinajstić information content (AvgIpc) is 3.18. The standard InChI is InChI=1S/C16H21FN2.C5H10O2.2C2H6/c1-11-6-7-18(2)15(11)8-12-10-19(3)16-9-13(17)4-5-14(12)16;1-5(2,3)7-4-6;2*1-2/h4-5,9-11,15H,6-8H2,1-3H3;4H,1-3H3;2*1-2H3/t11-,15?;;;/m0.../s1. The molecule has 0 amide bonds. The third-order valence-electron chi connectivity index (χ3n) is 5.03. The number of likely N-dealkylation sites (tertiary alicyclic amines) is 1. The van der Waals surface area contributed by atoms with Gasteiger partial charge >= 0.3 is 0 Å². The topological polar surface area (TPSA) is 34.5 Å². The maximum absolute atomic E-state index is 13.3. The summed E-state index contributed by atoms with van der Waals surface area (Å²) in [6.45, 7) is 17.4. The van der Waals surface area contributed by atoms with E-state index < -0.39 is 0 Å². The zero-order valence-corrected chi connectivity index (χ0v) is 20.8. The number of aryl methyl sites for hydroxylation is 1. The molecule has 1 aromatic heterocycles. The molecule has 0 saturated carbocycles. The quantitative estimate of drug-likeness (QED) is 0.552. The number of carbonyl (C=O) groups is 1. The lowest BCUT2D eigenvalue weighted by Gasteiger charge is -2.22. The number of hydrogen-bond donors (Lipinski definition) is 0. The molecule has 1 fully saturated rings. The SMILES string of the molecule is CC.CC.CC(C)(C)OC=O.C[C@H]1CCN(C)C1Cc1cn(C)c2cc(F)ccc12. The van der Waals surface area contributed by atoms with Crippen molar-refractivity contribution in [2.75, 3.05) is 13.6 Å². The number of benzene rings is 1. The van der Waals surface area contributed by atoms with E-state index in [-0.39, 0.29) is 11.4 Å². The summed E-state index contributed by atoms with van der Waals surface area (Å²) in [7, 11) is 4.20. The zero-order valence-electron chi connectivity index (χ0n) is 20.8. The van der Waals surface area contributed by atoms with Gasteiger partial charge in [-0.05, 0) is 76.9 Å². The van der Waals surface area contributed by atoms with E-state index in [2.05, 4.69) is 29.8 Å². The Morgan fingerprint density at radius 2 is 1.77 bits per heavy atom. The highest BCUT2D eigenvalue weighted by molar-refractivity contribution is 5.84. The second-order valence-electron chi connectivity index (χ2n) is 8.27. The Balaban J connectivity index is 0.000000650. The van der Waals surface area contributed by atoms with E-state index in [4.69, 9.17) is 0 Å². The van der Waals surface area contributed by atoms with Gasteiger partial charge in [0.1, 0.15) is 11.4 Å². The highest BCUT2D eigenvalue weighted by Gasteiger charge is 2.29. The van der Waals surface area contributed by atoms with E-state index in [1.807, 2.05) is 66.1 Å². The number of fused-ring (bicyclic) bond motifs is 1. The predicted octanol–water partition coefficient (Wildman–Crippen LogP) is 6.21. The lowest BCUT2D eigenvalue weighted by Crippen LogP contribution is -2.30. The fourth-order valence-corrected chi connectivity index (χ4v) is 3.53. The Hall–Kier alpha value is -1.88. The van der Waals surface area contributed by atoms with Gasteiger partial charge in [0.2, 0.25) is 0 Å². The van der Waals surface area contributed by atoms with Crippen LogP contribution in [-0.2, 0) is 23.0 Å².